The average Bonchev–Trinajstić information content (AvgIpc) is 2.82. The molecule has 0 amide bonds. The van der Waals surface area contributed by atoms with Crippen LogP contribution in [0.4, 0.5) is 0 Å². The second-order valence-corrected chi connectivity index (χ2v) is 31.2. The number of nitrogens with one attached hydrogen (secondary N) is 1. The molecule has 0 radical (unpaired) electrons. The van der Waals surface area contributed by atoms with E-state index < -0.39 is 12.0 Å². The fraction of sp³-hybridized carbons (Fsp3) is 0.100. The van der Waals surface area contributed by atoms with Crippen molar-refractivity contribution in [3.8, 4) is 17.1 Å². The van der Waals surface area contributed by atoms with Crippen molar-refractivity contribution in [2.24, 2.45) is 0 Å². The van der Waals surface area contributed by atoms with Crippen LogP contribution in [-0.2, 0) is 12.0 Å². The Labute approximate surface area is 125 Å². The maximum atomic E-state index is 5.06. The van der Waals surface area contributed by atoms with Crippen molar-refractivity contribution < 1.29 is 16.8 Å². The van der Waals surface area contributed by atoms with Crippen LogP contribution in [0.5, 0.6) is 5.75 Å². The summed E-state index contributed by atoms with van der Waals surface area (Å²) in [5.41, 5.74) is 1.06. The van der Waals surface area contributed by atoms with E-state index in [1.807, 2.05) is 24.3 Å². The van der Waals surface area contributed by atoms with E-state index in [1.165, 1.54) is 0 Å². The first-order valence-electron chi connectivity index (χ1n) is 4.38. The van der Waals surface area contributed by atoms with Crippen LogP contribution >= 0.6 is 39.1 Å². The Morgan fingerprint density at radius 1 is 1.18 bits per heavy atom. The molecule has 1 heterocycles. The summed E-state index contributed by atoms with van der Waals surface area (Å²) in [5.74, 6) is 1.73. The van der Waals surface area contributed by atoms with E-state index in [4.69, 9.17) is 4.74 Å². The van der Waals surface area contributed by atoms with Gasteiger partial charge in [-0.2, -0.15) is 0 Å². The number of rotatable bonds is 2. The molecule has 0 aliphatic rings. The molecule has 0 fully saturated rings. The average molecular weight is 611 g/mol. The molecule has 0 aliphatic heterocycles. The van der Waals surface area contributed by atoms with Gasteiger partial charge in [-0.3, -0.25) is 0 Å². The van der Waals surface area contributed by atoms with Crippen LogP contribution < -0.4 is 4.74 Å². The van der Waals surface area contributed by atoms with Gasteiger partial charge >= 0.3 is 51.1 Å². The number of nitrogens with zero attached hydrogens (tertiary/aromatic N) is 1. The number of H-pyrrole nitrogens is 1. The van der Waals surface area contributed by atoms with Crippen LogP contribution in [0.2, 0.25) is 0 Å². The van der Waals surface area contributed by atoms with Crippen molar-refractivity contribution in [3.05, 3.63) is 36.7 Å². The van der Waals surface area contributed by atoms with Crippen LogP contribution in [0, 0.1) is 0 Å². The SMILES string of the molecule is COc1ccc(-c2ncc[nH]2)cc1.[Br][Au]([Br])[Br]. The molecule has 0 aliphatic carbocycles. The van der Waals surface area contributed by atoms with E-state index in [-0.39, 0.29) is 0 Å². The van der Waals surface area contributed by atoms with Crippen molar-refractivity contribution in [1.29, 1.82) is 0 Å². The fourth-order valence-corrected chi connectivity index (χ4v) is 1.17. The summed E-state index contributed by atoms with van der Waals surface area (Å²) >= 11 is 8.99. The summed E-state index contributed by atoms with van der Waals surface area (Å²) in [7, 11) is 1.65. The number of benzene rings is 1. The molecule has 98 valence electrons. The van der Waals surface area contributed by atoms with Gasteiger partial charge in [-0.05, 0) is 24.3 Å². The van der Waals surface area contributed by atoms with E-state index >= 15 is 0 Å². The first kappa shape index (κ1) is 15.5. The molecule has 3 nitrogen and oxygen atoms in total. The molecule has 17 heavy (non-hydrogen) atoms. The third kappa shape index (κ3) is 6.22. The molecule has 1 aromatic heterocycles. The van der Waals surface area contributed by atoms with Gasteiger partial charge in [-0.15, -0.1) is 0 Å². The van der Waals surface area contributed by atoms with Gasteiger partial charge in [-0.25, -0.2) is 4.98 Å². The number of imidazole rings is 1. The van der Waals surface area contributed by atoms with Gasteiger partial charge in [0.15, 0.2) is 0 Å². The molecule has 1 N–H and O–H groups in total. The molecule has 7 heteroatoms. The van der Waals surface area contributed by atoms with E-state index in [2.05, 4.69) is 49.0 Å². The Bertz CT molecular complexity index is 417. The predicted octanol–water partition coefficient (Wildman–Crippen LogP) is 4.62. The fourth-order valence-electron chi connectivity index (χ4n) is 1.17. The number of hydrogen-bond acceptors (Lipinski definition) is 2. The molecule has 1 aromatic carbocycles. The van der Waals surface area contributed by atoms with Gasteiger partial charge < -0.3 is 9.72 Å². The first-order chi connectivity index (χ1) is 8.13. The first-order valence-corrected chi connectivity index (χ1v) is 18.6. The third-order valence-corrected chi connectivity index (χ3v) is 1.86. The van der Waals surface area contributed by atoms with Crippen LogP contribution in [0.15, 0.2) is 36.7 Å². The molecule has 0 saturated carbocycles. The van der Waals surface area contributed by atoms with Crippen molar-refractivity contribution in [2.45, 2.75) is 0 Å². The van der Waals surface area contributed by atoms with Gasteiger partial charge in [0, 0.05) is 18.0 Å². The van der Waals surface area contributed by atoms with Crippen LogP contribution in [0.1, 0.15) is 0 Å². The molecule has 0 saturated heterocycles. The van der Waals surface area contributed by atoms with Crippen molar-refractivity contribution >= 4 is 39.1 Å². The number of aromatic nitrogens is 2. The molecule has 2 rings (SSSR count). The zero-order chi connectivity index (χ0) is 12.7. The van der Waals surface area contributed by atoms with Crippen LogP contribution in [0.25, 0.3) is 11.4 Å². The normalized spacial score (nSPS) is 10.2. The summed E-state index contributed by atoms with van der Waals surface area (Å²) in [6.45, 7) is 0. The van der Waals surface area contributed by atoms with E-state index in [0.29, 0.717) is 0 Å². The van der Waals surface area contributed by atoms with Gasteiger partial charge in [0.1, 0.15) is 11.6 Å². The molecular weight excluding hydrogens is 601 g/mol. The van der Waals surface area contributed by atoms with Crippen LogP contribution in [-0.4, -0.2) is 17.1 Å². The molecular formula is C10H10AuBr3N2O. The summed E-state index contributed by atoms with van der Waals surface area (Å²) in [4.78, 5) is 7.18. The predicted molar refractivity (Wildman–Crippen MR) is 77.4 cm³/mol. The summed E-state index contributed by atoms with van der Waals surface area (Å²) in [6.07, 6.45) is 3.54. The zero-order valence-electron chi connectivity index (χ0n) is 8.75. The number of halogens is 3. The minimum absolute atomic E-state index is 0.766. The second kappa shape index (κ2) is 8.50. The van der Waals surface area contributed by atoms with Gasteiger partial charge in [-0.1, -0.05) is 0 Å². The number of hydrogen-bond donors (Lipinski definition) is 1. The second-order valence-electron chi connectivity index (χ2n) is 2.80. The Morgan fingerprint density at radius 3 is 2.18 bits per heavy atom. The van der Waals surface area contributed by atoms with Crippen molar-refractivity contribution in [3.63, 3.8) is 0 Å². The standard InChI is InChI=1S/C10H10N2O.Au.3BrH/c1-13-9-4-2-8(3-5-9)10-11-6-7-12-10;;;;/h2-7H,1H3,(H,11,12);;3*1H/q;+3;;;/p-3. The van der Waals surface area contributed by atoms with Gasteiger partial charge in [0.05, 0.1) is 7.11 Å². The van der Waals surface area contributed by atoms with Gasteiger partial charge in [0.2, 0.25) is 0 Å². The molecule has 0 unspecified atom stereocenters. The Morgan fingerprint density at radius 2 is 1.76 bits per heavy atom. The topological polar surface area (TPSA) is 37.9 Å². The Hall–Kier alpha value is 0.410. The monoisotopic (exact) mass is 608 g/mol. The summed E-state index contributed by atoms with van der Waals surface area (Å²) < 4.78 is 5.06. The van der Waals surface area contributed by atoms with E-state index in [0.717, 1.165) is 17.1 Å². The van der Waals surface area contributed by atoms with Crippen LogP contribution in [0.3, 0.4) is 0 Å². The summed E-state index contributed by atoms with van der Waals surface area (Å²) in [5, 5.41) is 0. The number of ether oxygens (including phenoxy) is 1. The Balaban J connectivity index is 0.000000317. The van der Waals surface area contributed by atoms with Crippen molar-refractivity contribution in [2.75, 3.05) is 7.11 Å². The molecule has 2 aromatic rings. The quantitative estimate of drug-likeness (QED) is 0.505. The van der Waals surface area contributed by atoms with Gasteiger partial charge in [0.25, 0.3) is 0 Å². The number of aromatic amines is 1. The van der Waals surface area contributed by atoms with E-state index in [9.17, 15) is 0 Å². The molecule has 0 spiro atoms. The zero-order valence-corrected chi connectivity index (χ0v) is 15.7. The number of methoxy groups -OCH3 is 1. The third-order valence-electron chi connectivity index (χ3n) is 1.86. The molecule has 0 bridgehead atoms. The Kier molecular flexibility index (Phi) is 7.74. The summed E-state index contributed by atoms with van der Waals surface area (Å²) in [6, 6.07) is 7.77. The molecule has 0 atom stereocenters. The van der Waals surface area contributed by atoms with E-state index in [1.54, 1.807) is 19.5 Å². The maximum absolute atomic E-state index is 5.06. The minimum atomic E-state index is -0.766. The van der Waals surface area contributed by atoms with Crippen molar-refractivity contribution in [1.82, 2.24) is 9.97 Å².